The maximum atomic E-state index is 12.3. The van der Waals surface area contributed by atoms with E-state index in [1.54, 1.807) is 13.0 Å². The van der Waals surface area contributed by atoms with Crippen molar-refractivity contribution in [2.24, 2.45) is 0 Å². The summed E-state index contributed by atoms with van der Waals surface area (Å²) in [5.74, 6) is 0.0478. The lowest BCUT2D eigenvalue weighted by Gasteiger charge is -2.29. The first kappa shape index (κ1) is 15.1. The molecule has 1 aromatic rings. The number of nitro groups is 1. The van der Waals surface area contributed by atoms with Crippen LogP contribution in [0.5, 0.6) is 0 Å². The summed E-state index contributed by atoms with van der Waals surface area (Å²) < 4.78 is 0. The van der Waals surface area contributed by atoms with Crippen molar-refractivity contribution in [3.8, 4) is 0 Å². The first-order valence-corrected chi connectivity index (χ1v) is 7.08. The van der Waals surface area contributed by atoms with E-state index >= 15 is 0 Å². The van der Waals surface area contributed by atoms with Crippen molar-refractivity contribution in [2.45, 2.75) is 32.2 Å². The van der Waals surface area contributed by atoms with Crippen molar-refractivity contribution in [1.82, 2.24) is 4.90 Å². The van der Waals surface area contributed by atoms with Crippen molar-refractivity contribution >= 4 is 23.0 Å². The van der Waals surface area contributed by atoms with Crippen LogP contribution in [0.25, 0.3) is 0 Å². The van der Waals surface area contributed by atoms with Crippen molar-refractivity contribution in [2.75, 3.05) is 24.1 Å². The predicted molar refractivity (Wildman–Crippen MR) is 81.0 cm³/mol. The lowest BCUT2D eigenvalue weighted by Crippen LogP contribution is -2.43. The average Bonchev–Trinajstić information content (AvgIpc) is 2.47. The molecule has 0 aromatic heterocycles. The number of amides is 1. The Labute approximate surface area is 123 Å². The van der Waals surface area contributed by atoms with E-state index < -0.39 is 4.92 Å². The van der Waals surface area contributed by atoms with Crippen molar-refractivity contribution < 1.29 is 9.72 Å². The molecule has 7 nitrogen and oxygen atoms in total. The first-order chi connectivity index (χ1) is 9.99. The van der Waals surface area contributed by atoms with Gasteiger partial charge in [-0.15, -0.1) is 0 Å². The normalized spacial score (nSPS) is 16.3. The Hall–Kier alpha value is -2.31. The second kappa shape index (κ2) is 6.43. The maximum Gasteiger partial charge on any atom is 0.292 e. The number of likely N-dealkylation sites (tertiary alicyclic amines) is 1. The van der Waals surface area contributed by atoms with Gasteiger partial charge in [-0.1, -0.05) is 0 Å². The molecule has 114 valence electrons. The number of nitrogens with zero attached hydrogens (tertiary/aromatic N) is 2. The molecular weight excluding hydrogens is 272 g/mol. The molecule has 1 saturated heterocycles. The number of rotatable bonds is 4. The number of benzene rings is 1. The number of nitrogen functional groups attached to an aromatic ring is 1. The highest BCUT2D eigenvalue weighted by Crippen LogP contribution is 2.25. The Morgan fingerprint density at radius 2 is 2.05 bits per heavy atom. The molecule has 1 fully saturated rings. The van der Waals surface area contributed by atoms with Gasteiger partial charge in [0.1, 0.15) is 11.7 Å². The van der Waals surface area contributed by atoms with Crippen LogP contribution in [0.3, 0.4) is 0 Å². The number of nitrogens with two attached hydrogens (primary N) is 1. The van der Waals surface area contributed by atoms with Crippen LogP contribution in [-0.4, -0.2) is 34.9 Å². The van der Waals surface area contributed by atoms with Gasteiger partial charge in [0.2, 0.25) is 5.91 Å². The van der Waals surface area contributed by atoms with Gasteiger partial charge in [0.15, 0.2) is 0 Å². The van der Waals surface area contributed by atoms with Gasteiger partial charge in [-0.2, -0.15) is 0 Å². The molecule has 1 aromatic carbocycles. The Bertz CT molecular complexity index is 541. The van der Waals surface area contributed by atoms with Gasteiger partial charge in [0.25, 0.3) is 5.69 Å². The second-order valence-corrected chi connectivity index (χ2v) is 5.28. The van der Waals surface area contributed by atoms with Gasteiger partial charge in [-0.05, 0) is 38.3 Å². The SMILES string of the molecule is CC(Nc1ccc([N+](=O)[O-])c(N)c1)C(=O)N1CCCCC1. The smallest absolute Gasteiger partial charge is 0.292 e. The Kier molecular flexibility index (Phi) is 4.62. The molecule has 1 aliphatic rings. The average molecular weight is 292 g/mol. The van der Waals surface area contributed by atoms with Gasteiger partial charge in [-0.3, -0.25) is 14.9 Å². The second-order valence-electron chi connectivity index (χ2n) is 5.28. The quantitative estimate of drug-likeness (QED) is 0.502. The van der Waals surface area contributed by atoms with Crippen LogP contribution in [0.4, 0.5) is 17.1 Å². The molecule has 0 aliphatic carbocycles. The summed E-state index contributed by atoms with van der Waals surface area (Å²) in [7, 11) is 0. The fourth-order valence-electron chi connectivity index (χ4n) is 2.51. The van der Waals surface area contributed by atoms with Crippen LogP contribution in [0.2, 0.25) is 0 Å². The van der Waals surface area contributed by atoms with Crippen LogP contribution in [-0.2, 0) is 4.79 Å². The molecule has 1 atom stereocenters. The van der Waals surface area contributed by atoms with Crippen LogP contribution >= 0.6 is 0 Å². The fourth-order valence-corrected chi connectivity index (χ4v) is 2.51. The highest BCUT2D eigenvalue weighted by Gasteiger charge is 2.22. The summed E-state index contributed by atoms with van der Waals surface area (Å²) in [5, 5.41) is 13.8. The summed E-state index contributed by atoms with van der Waals surface area (Å²) in [4.78, 5) is 24.3. The molecule has 1 aliphatic heterocycles. The minimum atomic E-state index is -0.526. The molecular formula is C14H20N4O3. The van der Waals surface area contributed by atoms with Crippen LogP contribution in [0, 0.1) is 10.1 Å². The molecule has 3 N–H and O–H groups in total. The van der Waals surface area contributed by atoms with Crippen molar-refractivity contribution in [1.29, 1.82) is 0 Å². The zero-order chi connectivity index (χ0) is 15.4. The molecule has 1 amide bonds. The molecule has 0 radical (unpaired) electrons. The first-order valence-electron chi connectivity index (χ1n) is 7.08. The highest BCUT2D eigenvalue weighted by atomic mass is 16.6. The summed E-state index contributed by atoms with van der Waals surface area (Å²) in [6.07, 6.45) is 3.26. The molecule has 7 heteroatoms. The standard InChI is InChI=1S/C14H20N4O3/c1-10(14(19)17-7-3-2-4-8-17)16-11-5-6-13(18(20)21)12(15)9-11/h5-6,9-10,16H,2-4,7-8,15H2,1H3. The third kappa shape index (κ3) is 3.62. The fraction of sp³-hybridized carbons (Fsp3) is 0.500. The Morgan fingerprint density at radius 1 is 1.38 bits per heavy atom. The van der Waals surface area contributed by atoms with Gasteiger partial charge >= 0.3 is 0 Å². The highest BCUT2D eigenvalue weighted by molar-refractivity contribution is 5.84. The summed E-state index contributed by atoms with van der Waals surface area (Å²) >= 11 is 0. The molecule has 0 saturated carbocycles. The van der Waals surface area contributed by atoms with Crippen molar-refractivity contribution in [3.63, 3.8) is 0 Å². The molecule has 0 spiro atoms. The lowest BCUT2D eigenvalue weighted by molar-refractivity contribution is -0.383. The summed E-state index contributed by atoms with van der Waals surface area (Å²) in [6, 6.07) is 4.01. The minimum absolute atomic E-state index is 0.0478. The number of nitrogens with one attached hydrogen (secondary N) is 1. The minimum Gasteiger partial charge on any atom is -0.393 e. The topological polar surface area (TPSA) is 101 Å². The van der Waals surface area contributed by atoms with E-state index in [4.69, 9.17) is 5.73 Å². The number of carbonyl (C=O) groups is 1. The van der Waals surface area contributed by atoms with E-state index in [2.05, 4.69) is 5.32 Å². The van der Waals surface area contributed by atoms with E-state index in [9.17, 15) is 14.9 Å². The largest absolute Gasteiger partial charge is 0.393 e. The number of piperidine rings is 1. The van der Waals surface area contributed by atoms with Gasteiger partial charge in [-0.25, -0.2) is 0 Å². The third-order valence-electron chi connectivity index (χ3n) is 3.65. The van der Waals surface area contributed by atoms with E-state index in [0.29, 0.717) is 5.69 Å². The number of hydrogen-bond acceptors (Lipinski definition) is 5. The van der Waals surface area contributed by atoms with E-state index in [1.165, 1.54) is 18.6 Å². The van der Waals surface area contributed by atoms with E-state index in [0.717, 1.165) is 25.9 Å². The number of anilines is 2. The van der Waals surface area contributed by atoms with Gasteiger partial charge in [0, 0.05) is 24.8 Å². The zero-order valence-corrected chi connectivity index (χ0v) is 12.0. The number of carbonyl (C=O) groups excluding carboxylic acids is 1. The lowest BCUT2D eigenvalue weighted by atomic mass is 10.1. The molecule has 1 unspecified atom stereocenters. The molecule has 2 rings (SSSR count). The van der Waals surface area contributed by atoms with E-state index in [1.807, 2.05) is 4.90 Å². The maximum absolute atomic E-state index is 12.3. The van der Waals surface area contributed by atoms with E-state index in [-0.39, 0.29) is 23.3 Å². The van der Waals surface area contributed by atoms with Gasteiger partial charge in [0.05, 0.1) is 4.92 Å². The number of hydrogen-bond donors (Lipinski definition) is 2. The van der Waals surface area contributed by atoms with Crippen molar-refractivity contribution in [3.05, 3.63) is 28.3 Å². The van der Waals surface area contributed by atoms with Crippen LogP contribution in [0.1, 0.15) is 26.2 Å². The predicted octanol–water partition coefficient (Wildman–Crippen LogP) is 1.99. The van der Waals surface area contributed by atoms with Gasteiger partial charge < -0.3 is 16.0 Å². The Morgan fingerprint density at radius 3 is 2.62 bits per heavy atom. The monoisotopic (exact) mass is 292 g/mol. The third-order valence-corrected chi connectivity index (χ3v) is 3.65. The Balaban J connectivity index is 2.01. The number of nitro benzene ring substituents is 1. The molecule has 1 heterocycles. The van der Waals surface area contributed by atoms with Crippen LogP contribution < -0.4 is 11.1 Å². The molecule has 21 heavy (non-hydrogen) atoms. The summed E-state index contributed by atoms with van der Waals surface area (Å²) in [6.45, 7) is 3.38. The summed E-state index contributed by atoms with van der Waals surface area (Å²) in [5.41, 5.74) is 6.20. The molecule has 0 bridgehead atoms. The zero-order valence-electron chi connectivity index (χ0n) is 12.0. The van der Waals surface area contributed by atoms with Crippen LogP contribution in [0.15, 0.2) is 18.2 Å².